The number of carbonyl (C=O) groups is 1. The van der Waals surface area contributed by atoms with Gasteiger partial charge in [-0.25, -0.2) is 0 Å². The summed E-state index contributed by atoms with van der Waals surface area (Å²) in [6.45, 7) is 1.92. The highest BCUT2D eigenvalue weighted by Crippen LogP contribution is 2.31. The molecule has 0 saturated heterocycles. The van der Waals surface area contributed by atoms with Crippen LogP contribution in [0.5, 0.6) is 0 Å². The lowest BCUT2D eigenvalue weighted by molar-refractivity contribution is -0.122. The highest BCUT2D eigenvalue weighted by atomic mass is 16.1. The molecule has 1 N–H and O–H groups in total. The number of aromatic nitrogens is 1. The molecule has 1 heterocycles. The van der Waals surface area contributed by atoms with Gasteiger partial charge in [-0.05, 0) is 44.9 Å². The molecular weight excluding hydrogens is 200 g/mol. The lowest BCUT2D eigenvalue weighted by Crippen LogP contribution is -2.36. The predicted octanol–water partition coefficient (Wildman–Crippen LogP) is 1.68. The lowest BCUT2D eigenvalue weighted by atomic mass is 9.82. The molecule has 2 unspecified atom stereocenters. The standard InChI is InChI=1S/C13H18N2O/c1-9(14-2)13(16)11-7-3-5-10-6-4-8-15-12(10)11/h4,6,8-9,11,14H,3,5,7H2,1-2H3. The molecule has 0 bridgehead atoms. The SMILES string of the molecule is CNC(C)C(=O)C1CCCc2cccnc21. The van der Waals surface area contributed by atoms with Crippen molar-refractivity contribution in [2.45, 2.75) is 38.1 Å². The Morgan fingerprint density at radius 3 is 3.19 bits per heavy atom. The lowest BCUT2D eigenvalue weighted by Gasteiger charge is -2.25. The summed E-state index contributed by atoms with van der Waals surface area (Å²) in [5, 5.41) is 3.02. The fraction of sp³-hybridized carbons (Fsp3) is 0.538. The molecule has 1 aliphatic carbocycles. The first-order valence-corrected chi connectivity index (χ1v) is 5.89. The van der Waals surface area contributed by atoms with Crippen LogP contribution in [0.3, 0.4) is 0 Å². The molecule has 86 valence electrons. The van der Waals surface area contributed by atoms with Crippen LogP contribution in [0.2, 0.25) is 0 Å². The van der Waals surface area contributed by atoms with Crippen molar-refractivity contribution in [3.63, 3.8) is 0 Å². The van der Waals surface area contributed by atoms with E-state index in [1.807, 2.05) is 20.0 Å². The van der Waals surface area contributed by atoms with Crippen molar-refractivity contribution in [2.75, 3.05) is 7.05 Å². The van der Waals surface area contributed by atoms with Crippen molar-refractivity contribution in [3.05, 3.63) is 29.6 Å². The molecule has 0 amide bonds. The van der Waals surface area contributed by atoms with E-state index in [1.54, 1.807) is 6.20 Å². The zero-order chi connectivity index (χ0) is 11.5. The van der Waals surface area contributed by atoms with E-state index in [1.165, 1.54) is 5.56 Å². The number of ketones is 1. The topological polar surface area (TPSA) is 42.0 Å². The first kappa shape index (κ1) is 11.3. The van der Waals surface area contributed by atoms with Crippen LogP contribution < -0.4 is 5.32 Å². The van der Waals surface area contributed by atoms with E-state index in [0.717, 1.165) is 25.0 Å². The van der Waals surface area contributed by atoms with Gasteiger partial charge in [0.15, 0.2) is 5.78 Å². The molecule has 1 aliphatic rings. The van der Waals surface area contributed by atoms with Gasteiger partial charge in [0.1, 0.15) is 0 Å². The summed E-state index contributed by atoms with van der Waals surface area (Å²) in [4.78, 5) is 16.6. The first-order chi connectivity index (χ1) is 7.74. The molecule has 0 radical (unpaired) electrons. The molecule has 1 aromatic rings. The van der Waals surface area contributed by atoms with Gasteiger partial charge in [0.25, 0.3) is 0 Å². The van der Waals surface area contributed by atoms with E-state index in [2.05, 4.69) is 16.4 Å². The van der Waals surface area contributed by atoms with Crippen LogP contribution in [0.4, 0.5) is 0 Å². The maximum atomic E-state index is 12.2. The molecule has 3 heteroatoms. The molecule has 2 rings (SSSR count). The average Bonchev–Trinajstić information content (AvgIpc) is 2.36. The van der Waals surface area contributed by atoms with Gasteiger partial charge >= 0.3 is 0 Å². The second kappa shape index (κ2) is 4.74. The maximum absolute atomic E-state index is 12.2. The molecule has 0 aromatic carbocycles. The van der Waals surface area contributed by atoms with Gasteiger partial charge < -0.3 is 5.32 Å². The van der Waals surface area contributed by atoms with Gasteiger partial charge in [-0.1, -0.05) is 6.07 Å². The minimum Gasteiger partial charge on any atom is -0.311 e. The third-order valence-corrected chi connectivity index (χ3v) is 3.40. The monoisotopic (exact) mass is 218 g/mol. The van der Waals surface area contributed by atoms with Crippen LogP contribution in [0.1, 0.15) is 36.9 Å². The van der Waals surface area contributed by atoms with Gasteiger partial charge in [0.2, 0.25) is 0 Å². The number of hydrogen-bond acceptors (Lipinski definition) is 3. The van der Waals surface area contributed by atoms with Gasteiger partial charge in [0.05, 0.1) is 17.7 Å². The van der Waals surface area contributed by atoms with Gasteiger partial charge in [-0.2, -0.15) is 0 Å². The average molecular weight is 218 g/mol. The predicted molar refractivity (Wildman–Crippen MR) is 63.4 cm³/mol. The minimum atomic E-state index is -0.0852. The number of rotatable bonds is 3. The highest BCUT2D eigenvalue weighted by molar-refractivity contribution is 5.90. The summed E-state index contributed by atoms with van der Waals surface area (Å²) in [6.07, 6.45) is 4.87. The van der Waals surface area contributed by atoms with Crippen molar-refractivity contribution in [2.24, 2.45) is 0 Å². The van der Waals surface area contributed by atoms with E-state index < -0.39 is 0 Å². The molecular formula is C13H18N2O. The number of nitrogens with one attached hydrogen (secondary N) is 1. The third-order valence-electron chi connectivity index (χ3n) is 3.40. The molecule has 0 saturated carbocycles. The molecule has 16 heavy (non-hydrogen) atoms. The highest BCUT2D eigenvalue weighted by Gasteiger charge is 2.29. The van der Waals surface area contributed by atoms with Crippen LogP contribution >= 0.6 is 0 Å². The Morgan fingerprint density at radius 1 is 1.62 bits per heavy atom. The smallest absolute Gasteiger partial charge is 0.158 e. The zero-order valence-electron chi connectivity index (χ0n) is 9.86. The molecule has 2 atom stereocenters. The largest absolute Gasteiger partial charge is 0.311 e. The van der Waals surface area contributed by atoms with Crippen LogP contribution in [-0.4, -0.2) is 23.9 Å². The molecule has 0 fully saturated rings. The van der Waals surface area contributed by atoms with E-state index in [9.17, 15) is 4.79 Å². The Kier molecular flexibility index (Phi) is 3.34. The van der Waals surface area contributed by atoms with Crippen molar-refractivity contribution < 1.29 is 4.79 Å². The number of nitrogens with zero attached hydrogens (tertiary/aromatic N) is 1. The maximum Gasteiger partial charge on any atom is 0.158 e. The number of pyridine rings is 1. The Labute approximate surface area is 96.3 Å². The number of hydrogen-bond donors (Lipinski definition) is 1. The van der Waals surface area contributed by atoms with E-state index in [-0.39, 0.29) is 17.7 Å². The van der Waals surface area contributed by atoms with Gasteiger partial charge in [0, 0.05) is 6.20 Å². The van der Waals surface area contributed by atoms with Crippen LogP contribution in [0.25, 0.3) is 0 Å². The molecule has 0 aliphatic heterocycles. The summed E-state index contributed by atoms with van der Waals surface area (Å²) < 4.78 is 0. The number of aryl methyl sites for hydroxylation is 1. The van der Waals surface area contributed by atoms with Crippen molar-refractivity contribution in [1.82, 2.24) is 10.3 Å². The Balaban J connectivity index is 2.28. The second-order valence-corrected chi connectivity index (χ2v) is 4.41. The number of likely N-dealkylation sites (N-methyl/N-ethyl adjacent to an activating group) is 1. The quantitative estimate of drug-likeness (QED) is 0.839. The van der Waals surface area contributed by atoms with E-state index in [4.69, 9.17) is 0 Å². The van der Waals surface area contributed by atoms with E-state index >= 15 is 0 Å². The third kappa shape index (κ3) is 2.00. The summed E-state index contributed by atoms with van der Waals surface area (Å²) in [6, 6.07) is 3.96. The Morgan fingerprint density at radius 2 is 2.44 bits per heavy atom. The number of fused-ring (bicyclic) bond motifs is 1. The summed E-state index contributed by atoms with van der Waals surface area (Å²) >= 11 is 0. The molecule has 3 nitrogen and oxygen atoms in total. The normalized spacial score (nSPS) is 21.2. The summed E-state index contributed by atoms with van der Waals surface area (Å²) in [5.41, 5.74) is 2.25. The number of carbonyl (C=O) groups excluding carboxylic acids is 1. The number of Topliss-reactive ketones (excluding diaryl/α,β-unsaturated/α-hetero) is 1. The van der Waals surface area contributed by atoms with Crippen molar-refractivity contribution in [1.29, 1.82) is 0 Å². The zero-order valence-corrected chi connectivity index (χ0v) is 9.86. The Hall–Kier alpha value is -1.22. The summed E-state index contributed by atoms with van der Waals surface area (Å²) in [5.74, 6) is 0.259. The van der Waals surface area contributed by atoms with Crippen molar-refractivity contribution >= 4 is 5.78 Å². The van der Waals surface area contributed by atoms with Crippen LogP contribution in [0.15, 0.2) is 18.3 Å². The fourth-order valence-electron chi connectivity index (χ4n) is 2.33. The fourth-order valence-corrected chi connectivity index (χ4v) is 2.33. The van der Waals surface area contributed by atoms with Gasteiger partial charge in [-0.15, -0.1) is 0 Å². The van der Waals surface area contributed by atoms with E-state index in [0.29, 0.717) is 0 Å². The van der Waals surface area contributed by atoms with Crippen LogP contribution in [0, 0.1) is 0 Å². The van der Waals surface area contributed by atoms with Gasteiger partial charge in [-0.3, -0.25) is 9.78 Å². The van der Waals surface area contributed by atoms with Crippen molar-refractivity contribution in [3.8, 4) is 0 Å². The minimum absolute atomic E-state index is 0.00704. The van der Waals surface area contributed by atoms with Crippen LogP contribution in [-0.2, 0) is 11.2 Å². The summed E-state index contributed by atoms with van der Waals surface area (Å²) in [7, 11) is 1.82. The molecule has 1 aromatic heterocycles. The Bertz CT molecular complexity index is 389. The molecule has 0 spiro atoms. The second-order valence-electron chi connectivity index (χ2n) is 4.41. The first-order valence-electron chi connectivity index (χ1n) is 5.89.